The van der Waals surface area contributed by atoms with Gasteiger partial charge in [-0.05, 0) is 17.2 Å². The van der Waals surface area contributed by atoms with Crippen molar-refractivity contribution in [2.75, 3.05) is 13.6 Å². The van der Waals surface area contributed by atoms with Crippen LogP contribution in [0.1, 0.15) is 17.5 Å². The van der Waals surface area contributed by atoms with E-state index < -0.39 is 0 Å². The number of hydrogen-bond acceptors (Lipinski definition) is 2. The first kappa shape index (κ1) is 18.7. The second-order valence-electron chi connectivity index (χ2n) is 6.57. The highest BCUT2D eigenvalue weighted by atomic mass is 35.5. The molecule has 2 aromatic rings. The highest BCUT2D eigenvalue weighted by Crippen LogP contribution is 2.27. The van der Waals surface area contributed by atoms with E-state index in [1.54, 1.807) is 22.9 Å². The molecule has 4 nitrogen and oxygen atoms in total. The normalized spacial score (nSPS) is 16.8. The van der Waals surface area contributed by atoms with E-state index in [4.69, 9.17) is 23.2 Å². The summed E-state index contributed by atoms with van der Waals surface area (Å²) >= 11 is 12.2. The summed E-state index contributed by atoms with van der Waals surface area (Å²) in [6.07, 6.45) is 0.249. The lowest BCUT2D eigenvalue weighted by molar-refractivity contribution is -0.135. The van der Waals surface area contributed by atoms with Crippen molar-refractivity contribution in [3.8, 4) is 0 Å². The lowest BCUT2D eigenvalue weighted by Crippen LogP contribution is -2.34. The summed E-state index contributed by atoms with van der Waals surface area (Å²) in [4.78, 5) is 28.4. The molecule has 6 heteroatoms. The second kappa shape index (κ2) is 8.11. The van der Waals surface area contributed by atoms with Gasteiger partial charge in [-0.3, -0.25) is 9.59 Å². The van der Waals surface area contributed by atoms with E-state index in [2.05, 4.69) is 0 Å². The third kappa shape index (κ3) is 4.19. The Bertz CT molecular complexity index is 811. The van der Waals surface area contributed by atoms with Crippen molar-refractivity contribution in [3.63, 3.8) is 0 Å². The maximum Gasteiger partial charge on any atom is 0.228 e. The largest absolute Gasteiger partial charge is 0.341 e. The summed E-state index contributed by atoms with van der Waals surface area (Å²) in [5.41, 5.74) is 1.86. The molecule has 0 bridgehead atoms. The fourth-order valence-corrected chi connectivity index (χ4v) is 3.59. The van der Waals surface area contributed by atoms with E-state index in [0.29, 0.717) is 29.7 Å². The van der Waals surface area contributed by atoms with Gasteiger partial charge >= 0.3 is 0 Å². The van der Waals surface area contributed by atoms with Crippen LogP contribution < -0.4 is 0 Å². The molecule has 2 aromatic carbocycles. The van der Waals surface area contributed by atoms with Gasteiger partial charge in [0.1, 0.15) is 0 Å². The smallest absolute Gasteiger partial charge is 0.228 e. The molecule has 136 valence electrons. The molecule has 1 fully saturated rings. The number of benzene rings is 2. The van der Waals surface area contributed by atoms with Crippen molar-refractivity contribution in [2.45, 2.75) is 19.5 Å². The Labute approximate surface area is 163 Å². The van der Waals surface area contributed by atoms with Crippen molar-refractivity contribution in [3.05, 3.63) is 69.7 Å². The molecule has 1 aliphatic rings. The number of amides is 2. The van der Waals surface area contributed by atoms with Crippen LogP contribution >= 0.6 is 23.2 Å². The molecule has 0 spiro atoms. The Kier molecular flexibility index (Phi) is 5.84. The Morgan fingerprint density at radius 3 is 2.62 bits per heavy atom. The molecule has 1 saturated heterocycles. The quantitative estimate of drug-likeness (QED) is 0.773. The SMILES string of the molecule is CN(Cc1cccc(Cl)c1Cl)C(=O)C1CC(=O)N(Cc2ccccc2)C1. The molecule has 0 radical (unpaired) electrons. The lowest BCUT2D eigenvalue weighted by Gasteiger charge is -2.22. The molecule has 0 aliphatic carbocycles. The third-order valence-corrected chi connectivity index (χ3v) is 5.45. The summed E-state index contributed by atoms with van der Waals surface area (Å²) in [6.45, 7) is 1.34. The molecule has 1 aliphatic heterocycles. The van der Waals surface area contributed by atoms with Crippen LogP contribution in [-0.4, -0.2) is 35.2 Å². The maximum absolute atomic E-state index is 12.8. The van der Waals surface area contributed by atoms with E-state index in [-0.39, 0.29) is 24.2 Å². The van der Waals surface area contributed by atoms with E-state index in [1.807, 2.05) is 42.5 Å². The molecule has 26 heavy (non-hydrogen) atoms. The van der Waals surface area contributed by atoms with Gasteiger partial charge in [0.25, 0.3) is 0 Å². The first-order valence-electron chi connectivity index (χ1n) is 8.45. The van der Waals surface area contributed by atoms with Gasteiger partial charge in [0.15, 0.2) is 0 Å². The van der Waals surface area contributed by atoms with E-state index in [0.717, 1.165) is 11.1 Å². The van der Waals surface area contributed by atoms with Crippen molar-refractivity contribution in [1.29, 1.82) is 0 Å². The zero-order chi connectivity index (χ0) is 18.7. The topological polar surface area (TPSA) is 40.6 Å². The van der Waals surface area contributed by atoms with Crippen LogP contribution in [-0.2, 0) is 22.7 Å². The van der Waals surface area contributed by atoms with Crippen LogP contribution in [0.3, 0.4) is 0 Å². The highest BCUT2D eigenvalue weighted by molar-refractivity contribution is 6.42. The van der Waals surface area contributed by atoms with Gasteiger partial charge in [-0.1, -0.05) is 65.7 Å². The molecular weight excluding hydrogens is 371 g/mol. The van der Waals surface area contributed by atoms with E-state index >= 15 is 0 Å². The molecule has 0 aromatic heterocycles. The maximum atomic E-state index is 12.8. The van der Waals surface area contributed by atoms with Crippen LogP contribution in [0, 0.1) is 5.92 Å². The molecule has 1 atom stereocenters. The molecule has 2 amide bonds. The minimum absolute atomic E-state index is 0.0152. The number of hydrogen-bond donors (Lipinski definition) is 0. The van der Waals surface area contributed by atoms with E-state index in [9.17, 15) is 9.59 Å². The first-order chi connectivity index (χ1) is 12.5. The van der Waals surface area contributed by atoms with Gasteiger partial charge in [0.05, 0.1) is 16.0 Å². The van der Waals surface area contributed by atoms with Gasteiger partial charge < -0.3 is 9.80 Å². The van der Waals surface area contributed by atoms with E-state index in [1.165, 1.54) is 0 Å². The predicted octanol–water partition coefficient (Wildman–Crippen LogP) is 4.00. The van der Waals surface area contributed by atoms with Gasteiger partial charge in [-0.2, -0.15) is 0 Å². The first-order valence-corrected chi connectivity index (χ1v) is 9.21. The van der Waals surface area contributed by atoms with Crippen LogP contribution in [0.25, 0.3) is 0 Å². The number of rotatable bonds is 5. The molecule has 0 saturated carbocycles. The molecule has 1 heterocycles. The average molecular weight is 391 g/mol. The third-order valence-electron chi connectivity index (χ3n) is 4.60. The highest BCUT2D eigenvalue weighted by Gasteiger charge is 2.35. The van der Waals surface area contributed by atoms with Crippen LogP contribution in [0.4, 0.5) is 0 Å². The number of carbonyl (C=O) groups excluding carboxylic acids is 2. The van der Waals surface area contributed by atoms with Gasteiger partial charge in [0.2, 0.25) is 11.8 Å². The van der Waals surface area contributed by atoms with Gasteiger partial charge in [-0.25, -0.2) is 0 Å². The van der Waals surface area contributed by atoms with Gasteiger partial charge in [-0.15, -0.1) is 0 Å². The Morgan fingerprint density at radius 2 is 1.88 bits per heavy atom. The minimum Gasteiger partial charge on any atom is -0.341 e. The van der Waals surface area contributed by atoms with Crippen LogP contribution in [0.2, 0.25) is 10.0 Å². The number of nitrogens with zero attached hydrogens (tertiary/aromatic N) is 2. The fourth-order valence-electron chi connectivity index (χ4n) is 3.21. The summed E-state index contributed by atoms with van der Waals surface area (Å²) < 4.78 is 0. The summed E-state index contributed by atoms with van der Waals surface area (Å²) in [5.74, 6) is -0.361. The fraction of sp³-hybridized carbons (Fsp3) is 0.300. The zero-order valence-corrected chi connectivity index (χ0v) is 16.0. The summed E-state index contributed by atoms with van der Waals surface area (Å²) in [6, 6.07) is 15.2. The Balaban J connectivity index is 1.63. The monoisotopic (exact) mass is 390 g/mol. The molecule has 0 N–H and O–H groups in total. The van der Waals surface area contributed by atoms with Crippen molar-refractivity contribution < 1.29 is 9.59 Å². The van der Waals surface area contributed by atoms with Gasteiger partial charge in [0, 0.05) is 33.1 Å². The van der Waals surface area contributed by atoms with Crippen molar-refractivity contribution in [2.24, 2.45) is 5.92 Å². The lowest BCUT2D eigenvalue weighted by atomic mass is 10.1. The molecule has 1 unspecified atom stereocenters. The zero-order valence-electron chi connectivity index (χ0n) is 14.5. The average Bonchev–Trinajstić information content (AvgIpc) is 2.99. The summed E-state index contributed by atoms with van der Waals surface area (Å²) in [7, 11) is 1.73. The predicted molar refractivity (Wildman–Crippen MR) is 103 cm³/mol. The number of likely N-dealkylation sites (tertiary alicyclic amines) is 1. The number of carbonyl (C=O) groups is 2. The van der Waals surface area contributed by atoms with Crippen LogP contribution in [0.5, 0.6) is 0 Å². The Hall–Kier alpha value is -2.04. The second-order valence-corrected chi connectivity index (χ2v) is 7.35. The Morgan fingerprint density at radius 1 is 1.15 bits per heavy atom. The van der Waals surface area contributed by atoms with Crippen molar-refractivity contribution >= 4 is 35.0 Å². The number of halogens is 2. The van der Waals surface area contributed by atoms with Crippen LogP contribution in [0.15, 0.2) is 48.5 Å². The standard InChI is InChI=1S/C20H20Cl2N2O2/c1-23(12-15-8-5-9-17(21)19(15)22)20(26)16-10-18(25)24(13-16)11-14-6-3-2-4-7-14/h2-9,16H,10-13H2,1H3. The van der Waals surface area contributed by atoms with Crippen molar-refractivity contribution in [1.82, 2.24) is 9.80 Å². The molecular formula is C20H20Cl2N2O2. The minimum atomic E-state index is -0.325. The summed E-state index contributed by atoms with van der Waals surface area (Å²) in [5, 5.41) is 0.928. The molecule has 3 rings (SSSR count).